The van der Waals surface area contributed by atoms with E-state index in [1.807, 2.05) is 30.3 Å². The molecule has 2 radical (unpaired) electrons. The molecule has 0 spiro atoms. The van der Waals surface area contributed by atoms with Gasteiger partial charge < -0.3 is 0 Å². The molecule has 0 aliphatic carbocycles. The number of hydrogen-bond acceptors (Lipinski definition) is 1. The van der Waals surface area contributed by atoms with E-state index in [4.69, 9.17) is 4.74 Å². The van der Waals surface area contributed by atoms with Gasteiger partial charge in [0.05, 0.1) is 0 Å². The van der Waals surface area contributed by atoms with Crippen molar-refractivity contribution in [1.29, 1.82) is 0 Å². The molecule has 2 rings (SSSR count). The molecule has 2 heteroatoms. The molecule has 0 N–H and O–H groups in total. The second-order valence-electron chi connectivity index (χ2n) is 4.48. The molecule has 0 heterocycles. The van der Waals surface area contributed by atoms with Crippen LogP contribution in [0.3, 0.4) is 0 Å². The van der Waals surface area contributed by atoms with Crippen LogP contribution in [0.2, 0.25) is 5.21 Å². The topological polar surface area (TPSA) is 9.23 Å². The van der Waals surface area contributed by atoms with Gasteiger partial charge in [0.2, 0.25) is 0 Å². The number of ether oxygens (including phenoxy) is 1. The van der Waals surface area contributed by atoms with Gasteiger partial charge in [0.1, 0.15) is 0 Å². The van der Waals surface area contributed by atoms with Crippen LogP contribution in [0.5, 0.6) is 5.75 Å². The van der Waals surface area contributed by atoms with Crippen LogP contribution in [-0.2, 0) is 6.42 Å². The van der Waals surface area contributed by atoms with Gasteiger partial charge in [0, 0.05) is 0 Å². The molecule has 0 aromatic heterocycles. The number of hydrogen-bond donors (Lipinski definition) is 0. The van der Waals surface area contributed by atoms with Crippen LogP contribution in [0, 0.1) is 11.8 Å². The molecule has 1 nitrogen and oxygen atoms in total. The summed E-state index contributed by atoms with van der Waals surface area (Å²) in [6, 6.07) is 16.3. The van der Waals surface area contributed by atoms with Crippen LogP contribution in [0.1, 0.15) is 23.1 Å². The van der Waals surface area contributed by atoms with E-state index in [9.17, 15) is 0 Å². The molecular formula is C18H17AsO. The molecule has 0 aliphatic heterocycles. The van der Waals surface area contributed by atoms with Gasteiger partial charge in [-0.25, -0.2) is 0 Å². The minimum absolute atomic E-state index is 0.819. The first-order chi connectivity index (χ1) is 9.83. The summed E-state index contributed by atoms with van der Waals surface area (Å²) in [7, 11) is 1.67. The second-order valence-corrected chi connectivity index (χ2v) is 5.42. The van der Waals surface area contributed by atoms with E-state index in [0.29, 0.717) is 0 Å². The number of benzene rings is 2. The summed E-state index contributed by atoms with van der Waals surface area (Å²) in [5, 5.41) is 1.16. The fourth-order valence-corrected chi connectivity index (χ4v) is 2.31. The first kappa shape index (κ1) is 14.8. The van der Waals surface area contributed by atoms with Crippen LogP contribution < -0.4 is 4.74 Å². The second kappa shape index (κ2) is 7.83. The van der Waals surface area contributed by atoms with Crippen LogP contribution in [0.4, 0.5) is 0 Å². The molecule has 0 unspecified atom stereocenters. The first-order valence-electron chi connectivity index (χ1n) is 6.68. The molecule has 0 fully saturated rings. The van der Waals surface area contributed by atoms with Crippen LogP contribution in [-0.4, -0.2) is 24.0 Å². The van der Waals surface area contributed by atoms with Gasteiger partial charge in [-0.2, -0.15) is 0 Å². The predicted molar refractivity (Wildman–Crippen MR) is 84.3 cm³/mol. The van der Waals surface area contributed by atoms with Crippen LogP contribution in [0.25, 0.3) is 0 Å². The molecule has 100 valence electrons. The summed E-state index contributed by atoms with van der Waals surface area (Å²) in [4.78, 5) is 0. The number of para-hydroxylation sites is 1. The van der Waals surface area contributed by atoms with E-state index in [1.165, 1.54) is 12.0 Å². The van der Waals surface area contributed by atoms with Crippen LogP contribution >= 0.6 is 0 Å². The molecule has 20 heavy (non-hydrogen) atoms. The van der Waals surface area contributed by atoms with Crippen molar-refractivity contribution in [2.45, 2.75) is 18.1 Å². The van der Waals surface area contributed by atoms with Gasteiger partial charge in [-0.05, 0) is 0 Å². The zero-order valence-electron chi connectivity index (χ0n) is 11.6. The molecule has 2 aromatic carbocycles. The van der Waals surface area contributed by atoms with Crippen molar-refractivity contribution in [3.05, 3.63) is 65.2 Å². The Balaban J connectivity index is 2.20. The zero-order valence-corrected chi connectivity index (χ0v) is 13.5. The number of aryl methyl sites for hydroxylation is 1. The molecule has 0 saturated carbocycles. The zero-order chi connectivity index (χ0) is 14.2. The van der Waals surface area contributed by atoms with Crippen molar-refractivity contribution in [1.82, 2.24) is 0 Å². The molecule has 0 saturated heterocycles. The molecular weight excluding hydrogens is 307 g/mol. The van der Waals surface area contributed by atoms with E-state index < -0.39 is 0 Å². The van der Waals surface area contributed by atoms with E-state index in [1.54, 1.807) is 7.11 Å². The minimum atomic E-state index is 0.819. The summed E-state index contributed by atoms with van der Waals surface area (Å²) in [6.07, 6.45) is 2.31. The molecule has 2 aromatic rings. The fourth-order valence-electron chi connectivity index (χ4n) is 1.98. The van der Waals surface area contributed by atoms with Crippen molar-refractivity contribution in [2.75, 3.05) is 7.11 Å². The summed E-state index contributed by atoms with van der Waals surface area (Å²) < 4.78 is 5.31. The number of rotatable bonds is 4. The SMILES string of the molecule is COc1ccccc1C#Cc1cccc(CCC[As])c1. The van der Waals surface area contributed by atoms with Gasteiger partial charge in [0.15, 0.2) is 0 Å². The fraction of sp³-hybridized carbons (Fsp3) is 0.222. The Morgan fingerprint density at radius 3 is 2.70 bits per heavy atom. The first-order valence-corrected chi connectivity index (χ1v) is 8.01. The van der Waals surface area contributed by atoms with Gasteiger partial charge >= 0.3 is 130 Å². The third-order valence-electron chi connectivity index (χ3n) is 3.00. The Labute approximate surface area is 129 Å². The Hall–Kier alpha value is -1.64. The maximum atomic E-state index is 5.31. The van der Waals surface area contributed by atoms with Gasteiger partial charge in [-0.3, -0.25) is 0 Å². The molecule has 0 amide bonds. The van der Waals surface area contributed by atoms with Crippen molar-refractivity contribution in [2.24, 2.45) is 0 Å². The average molecular weight is 324 g/mol. The Morgan fingerprint density at radius 1 is 1.05 bits per heavy atom. The standard InChI is InChI=1S/C18H17AsO/c1-20-18-10-3-2-9-17(18)12-11-16-7-4-6-15(14-16)8-5-13-19/h2-4,6-7,9-10,14H,5,8,13H2,1H3. The van der Waals surface area contributed by atoms with Gasteiger partial charge in [-0.1, -0.05) is 0 Å². The predicted octanol–water partition coefficient (Wildman–Crippen LogP) is 3.61. The normalized spacial score (nSPS) is 9.70. The van der Waals surface area contributed by atoms with Crippen molar-refractivity contribution < 1.29 is 4.74 Å². The van der Waals surface area contributed by atoms with Crippen LogP contribution in [0.15, 0.2) is 48.5 Å². The average Bonchev–Trinajstić information content (AvgIpc) is 2.51. The Bertz CT molecular complexity index is 623. The van der Waals surface area contributed by atoms with Gasteiger partial charge in [-0.15, -0.1) is 0 Å². The molecule has 0 bridgehead atoms. The quantitative estimate of drug-likeness (QED) is 0.617. The number of methoxy groups -OCH3 is 1. The van der Waals surface area contributed by atoms with E-state index in [0.717, 1.165) is 28.5 Å². The van der Waals surface area contributed by atoms with E-state index in [2.05, 4.69) is 46.9 Å². The van der Waals surface area contributed by atoms with E-state index in [-0.39, 0.29) is 0 Å². The van der Waals surface area contributed by atoms with Crippen molar-refractivity contribution in [3.8, 4) is 17.6 Å². The summed E-state index contributed by atoms with van der Waals surface area (Å²) >= 11 is 2.63. The molecule has 0 atom stereocenters. The third kappa shape index (κ3) is 4.19. The Kier molecular flexibility index (Phi) is 5.78. The van der Waals surface area contributed by atoms with Crippen molar-refractivity contribution >= 4 is 16.9 Å². The molecule has 0 aliphatic rings. The van der Waals surface area contributed by atoms with Gasteiger partial charge in [0.25, 0.3) is 0 Å². The summed E-state index contributed by atoms with van der Waals surface area (Å²) in [5.41, 5.74) is 3.33. The summed E-state index contributed by atoms with van der Waals surface area (Å²) in [5.74, 6) is 7.22. The van der Waals surface area contributed by atoms with E-state index >= 15 is 0 Å². The third-order valence-corrected chi connectivity index (χ3v) is 3.66. The Morgan fingerprint density at radius 2 is 1.90 bits per heavy atom. The van der Waals surface area contributed by atoms with Crippen molar-refractivity contribution in [3.63, 3.8) is 0 Å². The summed E-state index contributed by atoms with van der Waals surface area (Å²) in [6.45, 7) is 0. The maximum absolute atomic E-state index is 5.31. The monoisotopic (exact) mass is 324 g/mol.